The molecule has 0 fully saturated rings. The van der Waals surface area contributed by atoms with Crippen molar-refractivity contribution < 1.29 is 13.2 Å². The summed E-state index contributed by atoms with van der Waals surface area (Å²) in [6.45, 7) is 4.12. The molecule has 114 valence electrons. The summed E-state index contributed by atoms with van der Waals surface area (Å²) in [5.74, 6) is 0.449. The molecule has 0 atom stereocenters. The zero-order chi connectivity index (χ0) is 15.8. The minimum Gasteiger partial charge on any atom is -0.394 e. The Kier molecular flexibility index (Phi) is 4.04. The van der Waals surface area contributed by atoms with Crippen LogP contribution in [0.3, 0.4) is 0 Å². The Balaban J connectivity index is 2.43. The van der Waals surface area contributed by atoms with Gasteiger partial charge in [-0.25, -0.2) is 4.68 Å². The molecule has 0 saturated heterocycles. The van der Waals surface area contributed by atoms with Gasteiger partial charge in [-0.3, -0.25) is 0 Å². The van der Waals surface area contributed by atoms with Gasteiger partial charge in [0, 0.05) is 17.3 Å². The van der Waals surface area contributed by atoms with E-state index in [0.717, 1.165) is 12.1 Å². The molecule has 2 aromatic rings. The fourth-order valence-electron chi connectivity index (χ4n) is 1.92. The summed E-state index contributed by atoms with van der Waals surface area (Å²) in [7, 11) is 0. The smallest absolute Gasteiger partial charge is 0.394 e. The number of rotatable bonds is 3. The number of alkyl halides is 3. The maximum atomic E-state index is 12.8. The summed E-state index contributed by atoms with van der Waals surface area (Å²) < 4.78 is 39.9. The van der Waals surface area contributed by atoms with Crippen LogP contribution in [0.2, 0.25) is 5.02 Å². The second-order valence-corrected chi connectivity index (χ2v) is 4.95. The number of nitrogen functional groups attached to an aromatic ring is 1. The van der Waals surface area contributed by atoms with Crippen LogP contribution in [0.5, 0.6) is 0 Å². The number of aromatic nitrogens is 2. The first-order chi connectivity index (χ1) is 9.72. The van der Waals surface area contributed by atoms with Gasteiger partial charge in [-0.05, 0) is 32.0 Å². The maximum absolute atomic E-state index is 12.8. The van der Waals surface area contributed by atoms with E-state index in [1.54, 1.807) is 11.6 Å². The molecule has 0 radical (unpaired) electrons. The van der Waals surface area contributed by atoms with Gasteiger partial charge in [0.2, 0.25) is 0 Å². The molecule has 0 aliphatic heterocycles. The van der Waals surface area contributed by atoms with E-state index in [9.17, 15) is 13.2 Å². The van der Waals surface area contributed by atoms with Gasteiger partial charge in [-0.2, -0.15) is 18.3 Å². The van der Waals surface area contributed by atoms with E-state index in [0.29, 0.717) is 23.7 Å². The highest BCUT2D eigenvalue weighted by atomic mass is 35.5. The van der Waals surface area contributed by atoms with Crippen molar-refractivity contribution >= 4 is 28.8 Å². The molecular formula is C13H14ClF3N4. The normalized spacial score (nSPS) is 11.7. The van der Waals surface area contributed by atoms with Gasteiger partial charge in [0.25, 0.3) is 0 Å². The van der Waals surface area contributed by atoms with Gasteiger partial charge >= 0.3 is 6.18 Å². The van der Waals surface area contributed by atoms with E-state index >= 15 is 0 Å². The zero-order valence-electron chi connectivity index (χ0n) is 11.4. The second-order valence-electron chi connectivity index (χ2n) is 4.51. The number of aryl methyl sites for hydroxylation is 2. The molecule has 1 aromatic heterocycles. The van der Waals surface area contributed by atoms with E-state index in [1.807, 2.05) is 6.92 Å². The first kappa shape index (κ1) is 15.5. The SMILES string of the molecule is CCn1nc(C)c(N)c1Nc1cc(Cl)cc(C(F)(F)F)c1. The lowest BCUT2D eigenvalue weighted by Crippen LogP contribution is -2.07. The molecule has 1 aromatic carbocycles. The third-order valence-electron chi connectivity index (χ3n) is 2.96. The van der Waals surface area contributed by atoms with Crippen LogP contribution < -0.4 is 11.1 Å². The highest BCUT2D eigenvalue weighted by molar-refractivity contribution is 6.31. The first-order valence-electron chi connectivity index (χ1n) is 6.20. The Labute approximate surface area is 124 Å². The number of anilines is 3. The molecule has 0 unspecified atom stereocenters. The Morgan fingerprint density at radius 2 is 2.00 bits per heavy atom. The molecule has 8 heteroatoms. The molecule has 21 heavy (non-hydrogen) atoms. The predicted molar refractivity (Wildman–Crippen MR) is 76.8 cm³/mol. The summed E-state index contributed by atoms with van der Waals surface area (Å²) in [6.07, 6.45) is -4.46. The Hall–Kier alpha value is -1.89. The van der Waals surface area contributed by atoms with E-state index in [2.05, 4.69) is 10.4 Å². The first-order valence-corrected chi connectivity index (χ1v) is 6.58. The van der Waals surface area contributed by atoms with Crippen LogP contribution in [0.25, 0.3) is 0 Å². The van der Waals surface area contributed by atoms with Crippen molar-refractivity contribution in [1.29, 1.82) is 0 Å². The van der Waals surface area contributed by atoms with Crippen LogP contribution >= 0.6 is 11.6 Å². The molecule has 3 N–H and O–H groups in total. The lowest BCUT2D eigenvalue weighted by Gasteiger charge is -2.13. The lowest BCUT2D eigenvalue weighted by atomic mass is 10.2. The number of hydrogen-bond acceptors (Lipinski definition) is 3. The van der Waals surface area contributed by atoms with Crippen molar-refractivity contribution in [2.75, 3.05) is 11.1 Å². The Morgan fingerprint density at radius 1 is 1.33 bits per heavy atom. The number of benzene rings is 1. The lowest BCUT2D eigenvalue weighted by molar-refractivity contribution is -0.137. The third kappa shape index (κ3) is 3.24. The Morgan fingerprint density at radius 3 is 2.57 bits per heavy atom. The fourth-order valence-corrected chi connectivity index (χ4v) is 2.15. The van der Waals surface area contributed by atoms with E-state index < -0.39 is 11.7 Å². The van der Waals surface area contributed by atoms with Crippen LogP contribution in [0, 0.1) is 6.92 Å². The fraction of sp³-hybridized carbons (Fsp3) is 0.308. The van der Waals surface area contributed by atoms with Crippen LogP contribution in [0.1, 0.15) is 18.2 Å². The number of nitrogens with zero attached hydrogens (tertiary/aromatic N) is 2. The van der Waals surface area contributed by atoms with Crippen LogP contribution in [0.15, 0.2) is 18.2 Å². The maximum Gasteiger partial charge on any atom is 0.416 e. The molecule has 0 aliphatic rings. The summed E-state index contributed by atoms with van der Waals surface area (Å²) >= 11 is 5.75. The molecule has 4 nitrogen and oxygen atoms in total. The van der Waals surface area contributed by atoms with E-state index in [-0.39, 0.29) is 10.7 Å². The molecule has 1 heterocycles. The largest absolute Gasteiger partial charge is 0.416 e. The average molecular weight is 319 g/mol. The standard InChI is InChI=1S/C13H14ClF3N4/c1-3-21-12(11(18)7(2)20-21)19-10-5-8(13(15,16)17)4-9(14)6-10/h4-6,19H,3,18H2,1-2H3. The van der Waals surface area contributed by atoms with Crippen molar-refractivity contribution in [2.45, 2.75) is 26.6 Å². The molecule has 0 spiro atoms. The van der Waals surface area contributed by atoms with Gasteiger partial charge in [-0.15, -0.1) is 0 Å². The quantitative estimate of drug-likeness (QED) is 0.891. The molecule has 0 bridgehead atoms. The second kappa shape index (κ2) is 5.48. The molecule has 0 saturated carbocycles. The van der Waals surface area contributed by atoms with Crippen molar-refractivity contribution in [3.63, 3.8) is 0 Å². The van der Waals surface area contributed by atoms with Crippen molar-refractivity contribution in [2.24, 2.45) is 0 Å². The van der Waals surface area contributed by atoms with E-state index in [1.165, 1.54) is 6.07 Å². The summed E-state index contributed by atoms with van der Waals surface area (Å²) in [5, 5.41) is 7.04. The highest BCUT2D eigenvalue weighted by Gasteiger charge is 2.31. The van der Waals surface area contributed by atoms with E-state index in [4.69, 9.17) is 17.3 Å². The molecule has 2 rings (SSSR count). The predicted octanol–water partition coefficient (Wildman–Crippen LogP) is 4.21. The summed E-state index contributed by atoms with van der Waals surface area (Å²) in [4.78, 5) is 0. The molecular weight excluding hydrogens is 305 g/mol. The number of nitrogens with one attached hydrogen (secondary N) is 1. The van der Waals surface area contributed by atoms with Crippen LogP contribution in [-0.2, 0) is 12.7 Å². The monoisotopic (exact) mass is 318 g/mol. The van der Waals surface area contributed by atoms with Crippen LogP contribution in [0.4, 0.5) is 30.4 Å². The number of nitrogens with two attached hydrogens (primary N) is 1. The molecule has 0 amide bonds. The van der Waals surface area contributed by atoms with Gasteiger partial charge in [0.05, 0.1) is 16.9 Å². The van der Waals surface area contributed by atoms with Gasteiger partial charge in [-0.1, -0.05) is 11.6 Å². The van der Waals surface area contributed by atoms with Crippen LogP contribution in [-0.4, -0.2) is 9.78 Å². The number of halogens is 4. The molecule has 0 aliphatic carbocycles. The number of hydrogen-bond donors (Lipinski definition) is 2. The van der Waals surface area contributed by atoms with Crippen molar-refractivity contribution in [3.8, 4) is 0 Å². The topological polar surface area (TPSA) is 55.9 Å². The summed E-state index contributed by atoms with van der Waals surface area (Å²) in [5.41, 5.74) is 6.27. The minimum absolute atomic E-state index is 0.00909. The van der Waals surface area contributed by atoms with Crippen molar-refractivity contribution in [1.82, 2.24) is 9.78 Å². The van der Waals surface area contributed by atoms with Gasteiger partial charge in [0.15, 0.2) is 5.82 Å². The summed E-state index contributed by atoms with van der Waals surface area (Å²) in [6, 6.07) is 3.25. The van der Waals surface area contributed by atoms with Gasteiger partial charge < -0.3 is 11.1 Å². The zero-order valence-corrected chi connectivity index (χ0v) is 12.2. The average Bonchev–Trinajstić information content (AvgIpc) is 2.65. The Bertz CT molecular complexity index is 664. The highest BCUT2D eigenvalue weighted by Crippen LogP contribution is 2.35. The van der Waals surface area contributed by atoms with Crippen molar-refractivity contribution in [3.05, 3.63) is 34.5 Å². The third-order valence-corrected chi connectivity index (χ3v) is 3.18. The van der Waals surface area contributed by atoms with Gasteiger partial charge in [0.1, 0.15) is 0 Å². The minimum atomic E-state index is -4.46.